The number of alkyl halides is 3. The second-order valence-electron chi connectivity index (χ2n) is 10.9. The van der Waals surface area contributed by atoms with Gasteiger partial charge in [0.2, 0.25) is 10.0 Å². The van der Waals surface area contributed by atoms with E-state index in [1.807, 2.05) is 0 Å². The summed E-state index contributed by atoms with van der Waals surface area (Å²) in [6, 6.07) is 5.35. The minimum absolute atomic E-state index is 0.107. The summed E-state index contributed by atoms with van der Waals surface area (Å²) in [6.45, 7) is 7.40. The molecular weight excluding hydrogens is 553 g/mol. The van der Waals surface area contributed by atoms with Crippen LogP contribution in [-0.2, 0) is 34.7 Å². The fourth-order valence-corrected chi connectivity index (χ4v) is 6.80. The van der Waals surface area contributed by atoms with Crippen molar-refractivity contribution in [3.63, 3.8) is 0 Å². The Morgan fingerprint density at radius 3 is 2.49 bits per heavy atom. The zero-order chi connectivity index (χ0) is 28.6. The molecule has 3 aromatic rings. The number of benzene rings is 1. The second kappa shape index (κ2) is 11.0. The molecule has 0 unspecified atom stereocenters. The normalized spacial score (nSPS) is 15.7. The van der Waals surface area contributed by atoms with Crippen LogP contribution < -0.4 is 14.4 Å². The van der Waals surface area contributed by atoms with E-state index < -0.39 is 35.2 Å². The highest BCUT2D eigenvalue weighted by Crippen LogP contribution is 2.36. The van der Waals surface area contributed by atoms with Crippen LogP contribution in [0.1, 0.15) is 18.5 Å². The molecule has 1 N–H and O–H groups in total. The van der Waals surface area contributed by atoms with Crippen LogP contribution in [-0.4, -0.2) is 68.1 Å². The smallest absolute Gasteiger partial charge is 0.435 e. The lowest BCUT2D eigenvalue weighted by Crippen LogP contribution is -2.42. The van der Waals surface area contributed by atoms with Gasteiger partial charge in [0.1, 0.15) is 24.0 Å². The van der Waals surface area contributed by atoms with Crippen molar-refractivity contribution in [2.75, 3.05) is 36.4 Å². The van der Waals surface area contributed by atoms with Gasteiger partial charge in [-0.05, 0) is 31.0 Å². The molecule has 1 saturated heterocycles. The van der Waals surface area contributed by atoms with E-state index in [0.717, 1.165) is 17.5 Å². The van der Waals surface area contributed by atoms with E-state index in [2.05, 4.69) is 34.6 Å². The zero-order valence-electron chi connectivity index (χ0n) is 22.7. The molecule has 0 radical (unpaired) electrons. The molecule has 1 aromatic carbocycles. The van der Waals surface area contributed by atoms with Gasteiger partial charge in [-0.2, -0.15) is 23.4 Å². The fourth-order valence-electron chi connectivity index (χ4n) is 4.56. The van der Waals surface area contributed by atoms with Crippen LogP contribution in [0.5, 0.6) is 5.75 Å². The molecule has 10 nitrogen and oxygen atoms in total. The first-order valence-electron chi connectivity index (χ1n) is 12.7. The molecule has 0 amide bonds. The molecule has 0 aliphatic carbocycles. The van der Waals surface area contributed by atoms with Crippen molar-refractivity contribution in [2.45, 2.75) is 56.7 Å². The van der Waals surface area contributed by atoms with Crippen LogP contribution in [0.2, 0.25) is 25.7 Å². The molecule has 15 heteroatoms. The number of fused-ring (bicyclic) bond motifs is 1. The topological polar surface area (TPSA) is 104 Å². The maximum atomic E-state index is 13.5. The Labute approximate surface area is 227 Å². The molecule has 3 heterocycles. The summed E-state index contributed by atoms with van der Waals surface area (Å²) in [5.41, 5.74) is -0.104. The Morgan fingerprint density at radius 1 is 1.18 bits per heavy atom. The van der Waals surface area contributed by atoms with Gasteiger partial charge in [0.15, 0.2) is 5.69 Å². The van der Waals surface area contributed by atoms with Gasteiger partial charge in [0.25, 0.3) is 0 Å². The number of aryl methyl sites for hydroxylation is 1. The summed E-state index contributed by atoms with van der Waals surface area (Å²) in [5, 5.41) is 7.97. The van der Waals surface area contributed by atoms with Gasteiger partial charge in [0.05, 0.1) is 24.1 Å². The van der Waals surface area contributed by atoms with Crippen molar-refractivity contribution in [1.29, 1.82) is 0 Å². The molecule has 1 aliphatic rings. The second-order valence-corrected chi connectivity index (χ2v) is 18.5. The number of nitrogens with zero attached hydrogens (tertiary/aromatic N) is 5. The predicted octanol–water partition coefficient (Wildman–Crippen LogP) is 4.52. The fraction of sp³-hybridized carbons (Fsp3) is 0.583. The summed E-state index contributed by atoms with van der Waals surface area (Å²) < 4.78 is 83.8. The van der Waals surface area contributed by atoms with Crippen LogP contribution >= 0.6 is 0 Å². The van der Waals surface area contributed by atoms with Crippen molar-refractivity contribution in [3.05, 3.63) is 30.1 Å². The molecule has 0 atom stereocenters. The largest absolute Gasteiger partial charge is 0.494 e. The number of hydrogen-bond donors (Lipinski definition) is 1. The third-order valence-electron chi connectivity index (χ3n) is 6.79. The van der Waals surface area contributed by atoms with Gasteiger partial charge in [-0.3, -0.25) is 9.40 Å². The van der Waals surface area contributed by atoms with Gasteiger partial charge in [0, 0.05) is 46.3 Å². The summed E-state index contributed by atoms with van der Waals surface area (Å²) >= 11 is 0. The van der Waals surface area contributed by atoms with Gasteiger partial charge in [-0.15, -0.1) is 0 Å². The number of anilines is 2. The van der Waals surface area contributed by atoms with Crippen LogP contribution in [0.4, 0.5) is 24.7 Å². The predicted molar refractivity (Wildman–Crippen MR) is 146 cm³/mol. The van der Waals surface area contributed by atoms with Crippen molar-refractivity contribution in [2.24, 2.45) is 7.05 Å². The van der Waals surface area contributed by atoms with E-state index in [4.69, 9.17) is 9.47 Å². The third-order valence-corrected chi connectivity index (χ3v) is 10.3. The van der Waals surface area contributed by atoms with Crippen molar-refractivity contribution in [3.8, 4) is 5.75 Å². The molecule has 39 heavy (non-hydrogen) atoms. The Kier molecular flexibility index (Phi) is 8.24. The summed E-state index contributed by atoms with van der Waals surface area (Å²) in [6.07, 6.45) is -2.52. The number of nitrogens with one attached hydrogen (secondary N) is 1. The van der Waals surface area contributed by atoms with Gasteiger partial charge >= 0.3 is 6.18 Å². The Morgan fingerprint density at radius 2 is 1.87 bits per heavy atom. The molecular formula is C24H35F3N6O4SSi. The molecule has 4 rings (SSSR count). The number of sulfonamides is 1. The SMILES string of the molecule is COc1ccc2cnn(C)c2c1NS(=O)(=O)C1CCN(c2cc(C(F)(F)F)nn2COCC[Si](C)(C)C)CC1. The first kappa shape index (κ1) is 29.2. The highest BCUT2D eigenvalue weighted by Gasteiger charge is 2.37. The summed E-state index contributed by atoms with van der Waals surface area (Å²) in [4.78, 5) is 1.73. The number of piperidine rings is 1. The van der Waals surface area contributed by atoms with E-state index in [0.29, 0.717) is 23.6 Å². The van der Waals surface area contributed by atoms with Gasteiger partial charge in [-0.25, -0.2) is 13.1 Å². The zero-order valence-corrected chi connectivity index (χ0v) is 24.6. The molecule has 0 spiro atoms. The highest BCUT2D eigenvalue weighted by molar-refractivity contribution is 7.93. The van der Waals surface area contributed by atoms with Crippen LogP contribution in [0.15, 0.2) is 24.4 Å². The van der Waals surface area contributed by atoms with E-state index >= 15 is 0 Å². The standard InChI is InChI=1S/C24H35F3N6O4SSi/c1-31-23-17(15-28-31)6-7-19(36-2)22(23)30-38(34,35)18-8-10-32(11-9-18)21-14-20(24(25,26)27)29-33(21)16-37-12-13-39(3,4)5/h6-7,14-15,18,30H,8-13,16H2,1-5H3. The minimum Gasteiger partial charge on any atom is -0.494 e. The molecule has 1 fully saturated rings. The maximum absolute atomic E-state index is 13.5. The quantitative estimate of drug-likeness (QED) is 0.274. The Balaban J connectivity index is 1.48. The molecule has 0 bridgehead atoms. The van der Waals surface area contributed by atoms with E-state index in [-0.39, 0.29) is 38.5 Å². The van der Waals surface area contributed by atoms with Crippen molar-refractivity contribution < 1.29 is 31.1 Å². The van der Waals surface area contributed by atoms with Crippen LogP contribution in [0, 0.1) is 0 Å². The average molecular weight is 589 g/mol. The lowest BCUT2D eigenvalue weighted by Gasteiger charge is -2.33. The van der Waals surface area contributed by atoms with E-state index in [1.54, 1.807) is 35.0 Å². The average Bonchev–Trinajstić information content (AvgIpc) is 3.45. The third kappa shape index (κ3) is 6.69. The monoisotopic (exact) mass is 588 g/mol. The molecule has 1 aliphatic heterocycles. The van der Waals surface area contributed by atoms with Gasteiger partial charge in [-0.1, -0.05) is 19.6 Å². The molecule has 2 aromatic heterocycles. The van der Waals surface area contributed by atoms with Gasteiger partial charge < -0.3 is 14.4 Å². The van der Waals surface area contributed by atoms with Crippen molar-refractivity contribution >= 4 is 40.5 Å². The lowest BCUT2D eigenvalue weighted by molar-refractivity contribution is -0.141. The first-order chi connectivity index (χ1) is 18.2. The Bertz CT molecular complexity index is 1410. The highest BCUT2D eigenvalue weighted by atomic mass is 32.2. The number of rotatable bonds is 10. The van der Waals surface area contributed by atoms with E-state index in [1.165, 1.54) is 11.8 Å². The van der Waals surface area contributed by atoms with E-state index in [9.17, 15) is 21.6 Å². The maximum Gasteiger partial charge on any atom is 0.435 e. The number of hydrogen-bond acceptors (Lipinski definition) is 7. The van der Waals surface area contributed by atoms with Crippen LogP contribution in [0.3, 0.4) is 0 Å². The summed E-state index contributed by atoms with van der Waals surface area (Å²) in [5.74, 6) is 0.630. The molecule has 0 saturated carbocycles. The minimum atomic E-state index is -4.60. The number of halogens is 3. The number of ether oxygens (including phenoxy) is 2. The molecule has 216 valence electrons. The first-order valence-corrected chi connectivity index (χ1v) is 17.9. The van der Waals surface area contributed by atoms with Crippen LogP contribution in [0.25, 0.3) is 10.9 Å². The Hall–Kier alpha value is -2.78. The number of methoxy groups -OCH3 is 1. The summed E-state index contributed by atoms with van der Waals surface area (Å²) in [7, 11) is -2.03. The lowest BCUT2D eigenvalue weighted by atomic mass is 10.1. The van der Waals surface area contributed by atoms with Crippen molar-refractivity contribution in [1.82, 2.24) is 19.6 Å². The number of aromatic nitrogens is 4.